The van der Waals surface area contributed by atoms with Gasteiger partial charge in [0.25, 0.3) is 5.91 Å². The van der Waals surface area contributed by atoms with Gasteiger partial charge >= 0.3 is 0 Å². The first-order valence-corrected chi connectivity index (χ1v) is 10.7. The van der Waals surface area contributed by atoms with Crippen molar-refractivity contribution in [3.63, 3.8) is 0 Å². The molecule has 10 heteroatoms. The number of amides is 1. The summed E-state index contributed by atoms with van der Waals surface area (Å²) in [7, 11) is 1.61. The first-order valence-electron chi connectivity index (χ1n) is 10.7. The van der Waals surface area contributed by atoms with E-state index in [1.807, 2.05) is 25.3 Å². The molecule has 2 unspecified atom stereocenters. The number of pyridine rings is 1. The van der Waals surface area contributed by atoms with Gasteiger partial charge in [-0.2, -0.15) is 0 Å². The quantitative estimate of drug-likeness (QED) is 0.579. The van der Waals surface area contributed by atoms with Gasteiger partial charge in [-0.1, -0.05) is 13.0 Å². The largest absolute Gasteiger partial charge is 0.486 e. The summed E-state index contributed by atoms with van der Waals surface area (Å²) in [6.45, 7) is 6.75. The lowest BCUT2D eigenvalue weighted by atomic mass is 10.1. The third kappa shape index (κ3) is 4.80. The summed E-state index contributed by atoms with van der Waals surface area (Å²) in [6, 6.07) is 7.78. The highest BCUT2D eigenvalue weighted by molar-refractivity contribution is 6.04. The predicted molar refractivity (Wildman–Crippen MR) is 119 cm³/mol. The summed E-state index contributed by atoms with van der Waals surface area (Å²) in [6.07, 6.45) is 1.36. The maximum absolute atomic E-state index is 14.7. The number of ether oxygens (including phenoxy) is 3. The Labute approximate surface area is 190 Å². The molecule has 174 valence electrons. The Balaban J connectivity index is 1.55. The van der Waals surface area contributed by atoms with E-state index in [0.717, 1.165) is 6.07 Å². The number of benzene rings is 1. The van der Waals surface area contributed by atoms with Crippen LogP contribution in [0.15, 0.2) is 36.7 Å². The Morgan fingerprint density at radius 3 is 2.88 bits per heavy atom. The molecule has 1 N–H and O–H groups in total. The second-order valence-corrected chi connectivity index (χ2v) is 8.20. The molecule has 1 aromatic carbocycles. The average Bonchev–Trinajstić information content (AvgIpc) is 3.29. The highest BCUT2D eigenvalue weighted by Gasteiger charge is 2.28. The molecule has 3 heterocycles. The van der Waals surface area contributed by atoms with Crippen LogP contribution in [0, 0.1) is 11.7 Å². The number of carbonyl (C=O) groups excluding carboxylic acids is 1. The fraction of sp³-hybridized carbons (Fsp3) is 0.391. The second kappa shape index (κ2) is 9.53. The number of anilines is 1. The minimum atomic E-state index is -0.714. The van der Waals surface area contributed by atoms with Gasteiger partial charge in [0.2, 0.25) is 0 Å². The molecule has 0 fully saturated rings. The highest BCUT2D eigenvalue weighted by Crippen LogP contribution is 2.36. The molecule has 1 aliphatic heterocycles. The first-order chi connectivity index (χ1) is 15.9. The van der Waals surface area contributed by atoms with E-state index in [9.17, 15) is 9.18 Å². The van der Waals surface area contributed by atoms with Crippen LogP contribution in [0.4, 0.5) is 10.2 Å². The molecule has 4 rings (SSSR count). The number of aromatic nitrogens is 4. The van der Waals surface area contributed by atoms with Crippen molar-refractivity contribution in [2.45, 2.75) is 32.9 Å². The zero-order chi connectivity index (χ0) is 23.5. The van der Waals surface area contributed by atoms with Crippen molar-refractivity contribution in [2.24, 2.45) is 5.92 Å². The van der Waals surface area contributed by atoms with E-state index in [1.54, 1.807) is 31.6 Å². The van der Waals surface area contributed by atoms with Crippen LogP contribution >= 0.6 is 0 Å². The fourth-order valence-corrected chi connectivity index (χ4v) is 3.55. The van der Waals surface area contributed by atoms with Gasteiger partial charge < -0.3 is 24.1 Å². The first kappa shape index (κ1) is 22.7. The molecule has 0 saturated heterocycles. The molecular weight excluding hydrogens is 429 g/mol. The van der Waals surface area contributed by atoms with Crippen LogP contribution in [-0.2, 0) is 4.74 Å². The summed E-state index contributed by atoms with van der Waals surface area (Å²) in [5.41, 5.74) is 0.367. The van der Waals surface area contributed by atoms with Crippen LogP contribution in [0.5, 0.6) is 11.5 Å². The average molecular weight is 455 g/mol. The maximum Gasteiger partial charge on any atom is 0.259 e. The lowest BCUT2D eigenvalue weighted by Crippen LogP contribution is -2.37. The van der Waals surface area contributed by atoms with E-state index in [4.69, 9.17) is 14.2 Å². The normalized spacial score (nSPS) is 16.0. The molecular formula is C23H26FN5O4. The number of nitrogens with zero attached hydrogens (tertiary/aromatic N) is 4. The summed E-state index contributed by atoms with van der Waals surface area (Å²) < 4.78 is 33.3. The summed E-state index contributed by atoms with van der Waals surface area (Å²) in [5, 5.41) is 10.7. The van der Waals surface area contributed by atoms with Crippen molar-refractivity contribution in [3.8, 4) is 23.0 Å². The van der Waals surface area contributed by atoms with Crippen molar-refractivity contribution in [2.75, 3.05) is 25.6 Å². The summed E-state index contributed by atoms with van der Waals surface area (Å²) in [5.74, 6) is 0.102. The van der Waals surface area contributed by atoms with Crippen LogP contribution in [0.3, 0.4) is 0 Å². The van der Waals surface area contributed by atoms with Crippen LogP contribution in [0.1, 0.15) is 37.2 Å². The Morgan fingerprint density at radius 1 is 1.30 bits per heavy atom. The van der Waals surface area contributed by atoms with Crippen molar-refractivity contribution >= 4 is 11.7 Å². The SMILES string of the molecule is COCC(C)C1COc2cc(F)c(C(=O)Nc3cccc(-c4nncn4C(C)C)n3)cc2O1. The zero-order valence-corrected chi connectivity index (χ0v) is 18.9. The minimum absolute atomic E-state index is 0.0605. The second-order valence-electron chi connectivity index (χ2n) is 8.20. The predicted octanol–water partition coefficient (Wildman–Crippen LogP) is 3.73. The molecule has 9 nitrogen and oxygen atoms in total. The summed E-state index contributed by atoms with van der Waals surface area (Å²) >= 11 is 0. The summed E-state index contributed by atoms with van der Waals surface area (Å²) in [4.78, 5) is 17.3. The van der Waals surface area contributed by atoms with Gasteiger partial charge in [0, 0.05) is 25.1 Å². The standard InChI is InChI=1S/C23H26FN5O4/c1-13(2)29-12-25-28-22(29)17-6-5-7-21(26-17)27-23(30)15-8-19-18(9-16(15)24)32-11-20(33-19)14(3)10-31-4/h5-9,12-14,20H,10-11H2,1-4H3,(H,26,27,30). The topological polar surface area (TPSA) is 100 Å². The van der Waals surface area contributed by atoms with E-state index in [2.05, 4.69) is 20.5 Å². The van der Waals surface area contributed by atoms with Crippen molar-refractivity contribution < 1.29 is 23.4 Å². The molecule has 0 radical (unpaired) electrons. The van der Waals surface area contributed by atoms with Gasteiger partial charge in [-0.25, -0.2) is 9.37 Å². The van der Waals surface area contributed by atoms with Crippen molar-refractivity contribution in [1.82, 2.24) is 19.7 Å². The van der Waals surface area contributed by atoms with Crippen LogP contribution in [-0.4, -0.2) is 52.1 Å². The molecule has 0 saturated carbocycles. The molecule has 3 aromatic rings. The maximum atomic E-state index is 14.7. The molecule has 2 atom stereocenters. The van der Waals surface area contributed by atoms with E-state index in [0.29, 0.717) is 23.9 Å². The Hall–Kier alpha value is -3.53. The van der Waals surface area contributed by atoms with Gasteiger partial charge in [-0.15, -0.1) is 10.2 Å². The number of hydrogen-bond donors (Lipinski definition) is 1. The molecule has 2 aromatic heterocycles. The van der Waals surface area contributed by atoms with E-state index < -0.39 is 11.7 Å². The number of nitrogens with one attached hydrogen (secondary N) is 1. The number of methoxy groups -OCH3 is 1. The Kier molecular flexibility index (Phi) is 6.55. The number of carbonyl (C=O) groups is 1. The highest BCUT2D eigenvalue weighted by atomic mass is 19.1. The van der Waals surface area contributed by atoms with Gasteiger partial charge in [-0.05, 0) is 32.0 Å². The molecule has 0 spiro atoms. The molecule has 1 amide bonds. The van der Waals surface area contributed by atoms with Crippen molar-refractivity contribution in [3.05, 3.63) is 48.0 Å². The Bertz CT molecular complexity index is 1150. The van der Waals surface area contributed by atoms with Gasteiger partial charge in [0.05, 0.1) is 12.2 Å². The zero-order valence-electron chi connectivity index (χ0n) is 18.9. The Morgan fingerprint density at radius 2 is 2.12 bits per heavy atom. The van der Waals surface area contributed by atoms with Crippen LogP contribution in [0.25, 0.3) is 11.5 Å². The number of fused-ring (bicyclic) bond motifs is 1. The van der Waals surface area contributed by atoms with Crippen molar-refractivity contribution in [1.29, 1.82) is 0 Å². The third-order valence-corrected chi connectivity index (χ3v) is 5.37. The van der Waals surface area contributed by atoms with E-state index >= 15 is 0 Å². The molecule has 1 aliphatic rings. The fourth-order valence-electron chi connectivity index (χ4n) is 3.55. The van der Waals surface area contributed by atoms with Gasteiger partial charge in [-0.3, -0.25) is 4.79 Å². The van der Waals surface area contributed by atoms with Crippen LogP contribution < -0.4 is 14.8 Å². The van der Waals surface area contributed by atoms with E-state index in [-0.39, 0.29) is 41.8 Å². The monoisotopic (exact) mass is 455 g/mol. The molecule has 33 heavy (non-hydrogen) atoms. The molecule has 0 aliphatic carbocycles. The third-order valence-electron chi connectivity index (χ3n) is 5.37. The van der Waals surface area contributed by atoms with Gasteiger partial charge in [0.1, 0.15) is 36.4 Å². The van der Waals surface area contributed by atoms with Gasteiger partial charge in [0.15, 0.2) is 17.3 Å². The number of rotatable bonds is 7. The lowest BCUT2D eigenvalue weighted by molar-refractivity contribution is 0.0209. The van der Waals surface area contributed by atoms with E-state index in [1.165, 1.54) is 6.07 Å². The number of hydrogen-bond acceptors (Lipinski definition) is 7. The number of halogens is 1. The van der Waals surface area contributed by atoms with Crippen LogP contribution in [0.2, 0.25) is 0 Å². The minimum Gasteiger partial charge on any atom is -0.486 e. The lowest BCUT2D eigenvalue weighted by Gasteiger charge is -2.30. The molecule has 0 bridgehead atoms. The smallest absolute Gasteiger partial charge is 0.259 e.